The minimum absolute atomic E-state index is 0.0773. The number of anilines is 3. The molecule has 5 aromatic carbocycles. The van der Waals surface area contributed by atoms with E-state index in [4.69, 9.17) is 4.74 Å². The van der Waals surface area contributed by atoms with Gasteiger partial charge in [-0.3, -0.25) is 4.79 Å². The Labute approximate surface area is 232 Å². The largest absolute Gasteiger partial charge is 0.457 e. The van der Waals surface area contributed by atoms with Crippen LogP contribution in [0.1, 0.15) is 27.8 Å². The number of ether oxygens (including phenoxy) is 1. The number of benzene rings is 5. The molecule has 0 aliphatic carbocycles. The SMILES string of the molecule is Cc1cn(C)c2cc(N3c4ccccc4C4(c5ccccc5Oc5ccccc54)c4ccccc43)ccc2c1=O. The number of hydrogen-bond donors (Lipinski definition) is 0. The van der Waals surface area contributed by atoms with Gasteiger partial charge >= 0.3 is 0 Å². The number of fused-ring (bicyclic) bond motifs is 9. The van der Waals surface area contributed by atoms with Crippen LogP contribution in [0.15, 0.2) is 126 Å². The first-order valence-electron chi connectivity index (χ1n) is 13.5. The Balaban J connectivity index is 1.49. The highest BCUT2D eigenvalue weighted by Crippen LogP contribution is 2.62. The summed E-state index contributed by atoms with van der Waals surface area (Å²) in [6.07, 6.45) is 1.91. The van der Waals surface area contributed by atoms with Crippen LogP contribution in [0.2, 0.25) is 0 Å². The zero-order valence-corrected chi connectivity index (χ0v) is 22.3. The van der Waals surface area contributed by atoms with Crippen molar-refractivity contribution in [3.05, 3.63) is 159 Å². The van der Waals surface area contributed by atoms with Gasteiger partial charge in [0.05, 0.1) is 22.3 Å². The number of pyridine rings is 1. The average Bonchev–Trinajstić information content (AvgIpc) is 3.00. The molecule has 6 aromatic rings. The quantitative estimate of drug-likeness (QED) is 0.220. The van der Waals surface area contributed by atoms with Crippen molar-refractivity contribution in [2.75, 3.05) is 4.90 Å². The molecule has 4 nitrogen and oxygen atoms in total. The Morgan fingerprint density at radius 1 is 0.650 bits per heavy atom. The first-order chi connectivity index (χ1) is 19.6. The Kier molecular flexibility index (Phi) is 4.69. The van der Waals surface area contributed by atoms with Gasteiger partial charge in [-0.25, -0.2) is 0 Å². The monoisotopic (exact) mass is 518 g/mol. The first kappa shape index (κ1) is 22.9. The van der Waals surface area contributed by atoms with E-state index in [-0.39, 0.29) is 5.43 Å². The number of aromatic nitrogens is 1. The minimum atomic E-state index is -0.560. The summed E-state index contributed by atoms with van der Waals surface area (Å²) in [5.74, 6) is 1.74. The summed E-state index contributed by atoms with van der Waals surface area (Å²) in [5.41, 5.74) is 9.02. The van der Waals surface area contributed by atoms with Gasteiger partial charge in [0.15, 0.2) is 5.43 Å². The van der Waals surface area contributed by atoms with E-state index >= 15 is 0 Å². The lowest BCUT2D eigenvalue weighted by atomic mass is 9.61. The third-order valence-corrected chi connectivity index (χ3v) is 8.51. The molecule has 0 atom stereocenters. The molecule has 0 unspecified atom stereocenters. The molecule has 0 saturated carbocycles. The summed E-state index contributed by atoms with van der Waals surface area (Å²) in [5, 5.41) is 0.730. The van der Waals surface area contributed by atoms with Gasteiger partial charge in [-0.15, -0.1) is 0 Å². The topological polar surface area (TPSA) is 34.5 Å². The Morgan fingerprint density at radius 2 is 1.18 bits per heavy atom. The van der Waals surface area contributed by atoms with Gasteiger partial charge in [-0.1, -0.05) is 72.8 Å². The Morgan fingerprint density at radius 3 is 1.77 bits per heavy atom. The van der Waals surface area contributed by atoms with Gasteiger partial charge in [0.2, 0.25) is 0 Å². The van der Waals surface area contributed by atoms with Crippen molar-refractivity contribution in [2.24, 2.45) is 7.05 Å². The molecule has 3 heterocycles. The summed E-state index contributed by atoms with van der Waals surface area (Å²) in [6.45, 7) is 1.87. The summed E-state index contributed by atoms with van der Waals surface area (Å²) in [6, 6.07) is 40.3. The summed E-state index contributed by atoms with van der Waals surface area (Å²) in [4.78, 5) is 15.3. The summed E-state index contributed by atoms with van der Waals surface area (Å²) >= 11 is 0. The lowest BCUT2D eigenvalue weighted by molar-refractivity contribution is 0.434. The third kappa shape index (κ3) is 2.88. The van der Waals surface area contributed by atoms with Crippen LogP contribution in [0, 0.1) is 6.92 Å². The second-order valence-corrected chi connectivity index (χ2v) is 10.7. The maximum absolute atomic E-state index is 13.0. The molecule has 8 rings (SSSR count). The van der Waals surface area contributed by atoms with Crippen molar-refractivity contribution in [2.45, 2.75) is 12.3 Å². The van der Waals surface area contributed by atoms with Crippen LogP contribution in [-0.4, -0.2) is 4.57 Å². The standard InChI is InChI=1S/C36H26N2O2/c1-23-22-37(2)32-21-24(19-20-25(32)35(23)39)38-30-15-7-3-11-26(30)36(27-12-4-8-16-31(27)38)28-13-5-9-17-33(28)40-34-18-10-6-14-29(34)36/h3-22H,1-2H3. The van der Waals surface area contributed by atoms with E-state index < -0.39 is 5.41 Å². The van der Waals surface area contributed by atoms with Crippen LogP contribution in [0.3, 0.4) is 0 Å². The molecule has 0 bridgehead atoms. The van der Waals surface area contributed by atoms with Gasteiger partial charge < -0.3 is 14.2 Å². The fourth-order valence-corrected chi connectivity index (χ4v) is 6.87. The van der Waals surface area contributed by atoms with Crippen molar-refractivity contribution in [1.82, 2.24) is 4.57 Å². The van der Waals surface area contributed by atoms with Gasteiger partial charge in [0.25, 0.3) is 0 Å². The van der Waals surface area contributed by atoms with Gasteiger partial charge in [0, 0.05) is 41.0 Å². The van der Waals surface area contributed by atoms with E-state index in [1.165, 1.54) is 11.1 Å². The third-order valence-electron chi connectivity index (χ3n) is 8.51. The van der Waals surface area contributed by atoms with E-state index in [1.54, 1.807) is 0 Å². The first-order valence-corrected chi connectivity index (χ1v) is 13.5. The van der Waals surface area contributed by atoms with Crippen LogP contribution in [0.25, 0.3) is 10.9 Å². The average molecular weight is 519 g/mol. The van der Waals surface area contributed by atoms with Crippen molar-refractivity contribution < 1.29 is 4.74 Å². The predicted molar refractivity (Wildman–Crippen MR) is 161 cm³/mol. The molecule has 2 aliphatic rings. The normalized spacial score (nSPS) is 14.2. The molecule has 1 spiro atoms. The molecular formula is C36H26N2O2. The Hall–Kier alpha value is -5.09. The fraction of sp³-hybridized carbons (Fsp3) is 0.0833. The predicted octanol–water partition coefficient (Wildman–Crippen LogP) is 8.12. The number of rotatable bonds is 1. The Bertz CT molecular complexity index is 1960. The molecule has 2 aliphatic heterocycles. The molecule has 0 N–H and O–H groups in total. The van der Waals surface area contributed by atoms with Crippen LogP contribution in [0.4, 0.5) is 17.1 Å². The van der Waals surface area contributed by atoms with Gasteiger partial charge in [0.1, 0.15) is 11.5 Å². The molecule has 192 valence electrons. The maximum Gasteiger partial charge on any atom is 0.192 e. The molecular weight excluding hydrogens is 492 g/mol. The van der Waals surface area contributed by atoms with Crippen molar-refractivity contribution in [3.8, 4) is 11.5 Å². The van der Waals surface area contributed by atoms with Crippen LogP contribution in [0.5, 0.6) is 11.5 Å². The van der Waals surface area contributed by atoms with Crippen molar-refractivity contribution in [1.29, 1.82) is 0 Å². The van der Waals surface area contributed by atoms with Crippen molar-refractivity contribution >= 4 is 28.0 Å². The second-order valence-electron chi connectivity index (χ2n) is 10.7. The number of hydrogen-bond acceptors (Lipinski definition) is 3. The zero-order chi connectivity index (χ0) is 27.0. The molecule has 4 heteroatoms. The van der Waals surface area contributed by atoms with Crippen LogP contribution >= 0.6 is 0 Å². The summed E-state index contributed by atoms with van der Waals surface area (Å²) in [7, 11) is 2.00. The highest BCUT2D eigenvalue weighted by Gasteiger charge is 2.50. The molecule has 0 amide bonds. The zero-order valence-electron chi connectivity index (χ0n) is 22.3. The second kappa shape index (κ2) is 8.20. The smallest absolute Gasteiger partial charge is 0.192 e. The summed E-state index contributed by atoms with van der Waals surface area (Å²) < 4.78 is 8.53. The minimum Gasteiger partial charge on any atom is -0.457 e. The molecule has 1 aromatic heterocycles. The molecule has 40 heavy (non-hydrogen) atoms. The number of aryl methyl sites for hydroxylation is 2. The van der Waals surface area contributed by atoms with Crippen molar-refractivity contribution in [3.63, 3.8) is 0 Å². The number of nitrogens with zero attached hydrogens (tertiary/aromatic N) is 2. The molecule has 0 fully saturated rings. The van der Waals surface area contributed by atoms with E-state index in [1.807, 2.05) is 42.9 Å². The lowest BCUT2D eigenvalue weighted by Crippen LogP contribution is -2.39. The van der Waals surface area contributed by atoms with E-state index in [2.05, 4.69) is 102 Å². The number of para-hydroxylation sites is 4. The molecule has 0 radical (unpaired) electrons. The van der Waals surface area contributed by atoms with E-state index in [0.717, 1.165) is 56.2 Å². The van der Waals surface area contributed by atoms with E-state index in [9.17, 15) is 4.79 Å². The van der Waals surface area contributed by atoms with Crippen LogP contribution < -0.4 is 15.1 Å². The highest BCUT2D eigenvalue weighted by molar-refractivity contribution is 5.93. The fourth-order valence-electron chi connectivity index (χ4n) is 6.87. The highest BCUT2D eigenvalue weighted by atomic mass is 16.5. The molecule has 0 saturated heterocycles. The lowest BCUT2D eigenvalue weighted by Gasteiger charge is -2.48. The maximum atomic E-state index is 13.0. The van der Waals surface area contributed by atoms with Gasteiger partial charge in [-0.2, -0.15) is 0 Å². The van der Waals surface area contributed by atoms with E-state index in [0.29, 0.717) is 0 Å². The van der Waals surface area contributed by atoms with Gasteiger partial charge in [-0.05, 0) is 60.5 Å². The van der Waals surface area contributed by atoms with Crippen LogP contribution in [-0.2, 0) is 12.5 Å².